The summed E-state index contributed by atoms with van der Waals surface area (Å²) in [6, 6.07) is 5.79. The summed E-state index contributed by atoms with van der Waals surface area (Å²) in [5, 5.41) is 0.474. The van der Waals surface area contributed by atoms with Gasteiger partial charge in [0.25, 0.3) is 0 Å². The molecule has 0 saturated carbocycles. The number of nitrogens with two attached hydrogens (primary N) is 1. The molecule has 7 heteroatoms. The summed E-state index contributed by atoms with van der Waals surface area (Å²) in [4.78, 5) is 0. The molecule has 1 unspecified atom stereocenters. The van der Waals surface area contributed by atoms with Crippen molar-refractivity contribution in [3.63, 3.8) is 0 Å². The Kier molecular flexibility index (Phi) is 5.06. The van der Waals surface area contributed by atoms with E-state index in [1.54, 1.807) is 12.1 Å². The van der Waals surface area contributed by atoms with Crippen molar-refractivity contribution in [2.24, 2.45) is 5.84 Å². The zero-order valence-corrected chi connectivity index (χ0v) is 12.7. The van der Waals surface area contributed by atoms with Crippen LogP contribution in [-0.2, 0) is 6.42 Å². The van der Waals surface area contributed by atoms with Crippen LogP contribution < -0.4 is 11.3 Å². The molecule has 2 aromatic rings. The molecule has 1 aromatic heterocycles. The van der Waals surface area contributed by atoms with Crippen molar-refractivity contribution in [1.82, 2.24) is 5.43 Å². The van der Waals surface area contributed by atoms with Crippen molar-refractivity contribution >= 4 is 46.1 Å². The summed E-state index contributed by atoms with van der Waals surface area (Å²) in [6.07, 6.45) is 0.329. The average molecular weight is 340 g/mol. The molecule has 1 heterocycles. The summed E-state index contributed by atoms with van der Waals surface area (Å²) in [5.74, 6) is 5.18. The van der Waals surface area contributed by atoms with Crippen LogP contribution in [0.1, 0.15) is 17.2 Å². The van der Waals surface area contributed by atoms with Gasteiger partial charge in [0.05, 0.1) is 14.7 Å². The predicted octanol–water partition coefficient (Wildman–Crippen LogP) is 4.59. The van der Waals surface area contributed by atoms with E-state index >= 15 is 0 Å². The Hall–Kier alpha value is -0.360. The first kappa shape index (κ1) is 15.0. The Morgan fingerprint density at radius 1 is 1.26 bits per heavy atom. The third-order valence-corrected chi connectivity index (χ3v) is 4.44. The van der Waals surface area contributed by atoms with Gasteiger partial charge in [-0.15, -0.1) is 11.3 Å². The van der Waals surface area contributed by atoms with Crippen LogP contribution in [0.25, 0.3) is 0 Å². The Morgan fingerprint density at radius 3 is 2.58 bits per heavy atom. The predicted molar refractivity (Wildman–Crippen MR) is 79.5 cm³/mol. The van der Waals surface area contributed by atoms with Gasteiger partial charge in [-0.2, -0.15) is 0 Å². The SMILES string of the molecule is NNC(Cc1cc(Cl)ccc1F)c1cc(Cl)sc1Cl. The second-order valence-electron chi connectivity index (χ2n) is 3.94. The average Bonchev–Trinajstić information content (AvgIpc) is 2.69. The van der Waals surface area contributed by atoms with Crippen LogP contribution in [0.3, 0.4) is 0 Å². The van der Waals surface area contributed by atoms with Crippen LogP contribution in [0, 0.1) is 5.82 Å². The lowest BCUT2D eigenvalue weighted by molar-refractivity contribution is 0.530. The van der Waals surface area contributed by atoms with Gasteiger partial charge < -0.3 is 0 Å². The molecule has 0 amide bonds. The topological polar surface area (TPSA) is 38.0 Å². The van der Waals surface area contributed by atoms with Gasteiger partial charge >= 0.3 is 0 Å². The van der Waals surface area contributed by atoms with E-state index in [9.17, 15) is 4.39 Å². The smallest absolute Gasteiger partial charge is 0.126 e. The number of hydrogen-bond acceptors (Lipinski definition) is 3. The molecule has 0 radical (unpaired) electrons. The maximum atomic E-state index is 13.7. The van der Waals surface area contributed by atoms with Crippen molar-refractivity contribution in [1.29, 1.82) is 0 Å². The molecule has 0 aliphatic carbocycles. The molecule has 0 aliphatic heterocycles. The van der Waals surface area contributed by atoms with E-state index in [1.165, 1.54) is 23.5 Å². The first-order chi connectivity index (χ1) is 9.01. The van der Waals surface area contributed by atoms with E-state index < -0.39 is 0 Å². The summed E-state index contributed by atoms with van der Waals surface area (Å²) in [7, 11) is 0. The fourth-order valence-electron chi connectivity index (χ4n) is 1.77. The van der Waals surface area contributed by atoms with E-state index in [4.69, 9.17) is 40.6 Å². The lowest BCUT2D eigenvalue weighted by Crippen LogP contribution is -2.29. The van der Waals surface area contributed by atoms with Crippen LogP contribution >= 0.6 is 46.1 Å². The number of hydrazine groups is 1. The van der Waals surface area contributed by atoms with Gasteiger partial charge in [-0.25, -0.2) is 4.39 Å². The van der Waals surface area contributed by atoms with Crippen molar-refractivity contribution in [2.75, 3.05) is 0 Å². The summed E-state index contributed by atoms with van der Waals surface area (Å²) < 4.78 is 14.8. The van der Waals surface area contributed by atoms with E-state index in [0.29, 0.717) is 25.7 Å². The monoisotopic (exact) mass is 338 g/mol. The maximum Gasteiger partial charge on any atom is 0.126 e. The van der Waals surface area contributed by atoms with Crippen molar-refractivity contribution in [3.8, 4) is 0 Å². The third kappa shape index (κ3) is 3.60. The van der Waals surface area contributed by atoms with Crippen molar-refractivity contribution < 1.29 is 4.39 Å². The Bertz CT molecular complexity index is 588. The van der Waals surface area contributed by atoms with Gasteiger partial charge in [0.15, 0.2) is 0 Å². The number of halogens is 4. The summed E-state index contributed by atoms with van der Waals surface area (Å²) >= 11 is 19.1. The van der Waals surface area contributed by atoms with E-state index in [0.717, 1.165) is 5.56 Å². The van der Waals surface area contributed by atoms with E-state index in [2.05, 4.69) is 5.43 Å². The minimum atomic E-state index is -0.331. The van der Waals surface area contributed by atoms with Gasteiger partial charge in [-0.3, -0.25) is 11.3 Å². The highest BCUT2D eigenvalue weighted by Gasteiger charge is 2.18. The second kappa shape index (κ2) is 6.39. The molecule has 2 rings (SSSR count). The number of thiophene rings is 1. The molecular formula is C12H10Cl3FN2S. The Balaban J connectivity index is 2.29. The Morgan fingerprint density at radius 2 is 2.00 bits per heavy atom. The van der Waals surface area contributed by atoms with Gasteiger partial charge in [-0.05, 0) is 36.2 Å². The largest absolute Gasteiger partial charge is 0.271 e. The molecule has 102 valence electrons. The highest BCUT2D eigenvalue weighted by molar-refractivity contribution is 7.20. The number of rotatable bonds is 4. The number of benzene rings is 1. The fourth-order valence-corrected chi connectivity index (χ4v) is 3.54. The molecule has 1 atom stereocenters. The molecule has 0 bridgehead atoms. The second-order valence-corrected chi connectivity index (χ2v) is 6.66. The van der Waals surface area contributed by atoms with Crippen LogP contribution in [-0.4, -0.2) is 0 Å². The highest BCUT2D eigenvalue weighted by atomic mass is 35.5. The van der Waals surface area contributed by atoms with Crippen molar-refractivity contribution in [2.45, 2.75) is 12.5 Å². The lowest BCUT2D eigenvalue weighted by atomic mass is 10.0. The minimum absolute atomic E-state index is 0.329. The van der Waals surface area contributed by atoms with Gasteiger partial charge in [0.2, 0.25) is 0 Å². The third-order valence-electron chi connectivity index (χ3n) is 2.69. The van der Waals surface area contributed by atoms with E-state index in [1.807, 2.05) is 0 Å². The van der Waals surface area contributed by atoms with Crippen LogP contribution in [0.15, 0.2) is 24.3 Å². The summed E-state index contributed by atoms with van der Waals surface area (Å²) in [6.45, 7) is 0. The lowest BCUT2D eigenvalue weighted by Gasteiger charge is -2.16. The number of hydrogen-bond donors (Lipinski definition) is 2. The Labute approximate surface area is 129 Å². The standard InChI is InChI=1S/C12H10Cl3FN2S/c13-7-1-2-9(16)6(3-7)4-10(18-17)8-5-11(14)19-12(8)15/h1-3,5,10,18H,4,17H2. The maximum absolute atomic E-state index is 13.7. The molecule has 0 fully saturated rings. The zero-order valence-electron chi connectivity index (χ0n) is 9.59. The zero-order chi connectivity index (χ0) is 14.0. The summed E-state index contributed by atoms with van der Waals surface area (Å²) in [5.41, 5.74) is 3.84. The first-order valence-electron chi connectivity index (χ1n) is 5.36. The molecular weight excluding hydrogens is 330 g/mol. The van der Waals surface area contributed by atoms with Gasteiger partial charge in [-0.1, -0.05) is 34.8 Å². The highest BCUT2D eigenvalue weighted by Crippen LogP contribution is 2.36. The quantitative estimate of drug-likeness (QED) is 0.631. The minimum Gasteiger partial charge on any atom is -0.271 e. The van der Waals surface area contributed by atoms with Crippen LogP contribution in [0.5, 0.6) is 0 Å². The molecule has 19 heavy (non-hydrogen) atoms. The normalized spacial score (nSPS) is 12.7. The van der Waals surface area contributed by atoms with Gasteiger partial charge in [0.1, 0.15) is 5.82 Å². The molecule has 1 aromatic carbocycles. The fraction of sp³-hybridized carbons (Fsp3) is 0.167. The van der Waals surface area contributed by atoms with Crippen LogP contribution in [0.4, 0.5) is 4.39 Å². The molecule has 2 nitrogen and oxygen atoms in total. The first-order valence-corrected chi connectivity index (χ1v) is 7.31. The molecule has 0 spiro atoms. The number of nitrogens with one attached hydrogen (secondary N) is 1. The van der Waals surface area contributed by atoms with Gasteiger partial charge in [0, 0.05) is 10.6 Å². The van der Waals surface area contributed by atoms with Crippen LogP contribution in [0.2, 0.25) is 13.7 Å². The molecule has 0 saturated heterocycles. The van der Waals surface area contributed by atoms with Crippen molar-refractivity contribution in [3.05, 3.63) is 54.9 Å². The van der Waals surface area contributed by atoms with E-state index in [-0.39, 0.29) is 11.9 Å². The molecule has 0 aliphatic rings. The molecule has 3 N–H and O–H groups in total.